The summed E-state index contributed by atoms with van der Waals surface area (Å²) in [6, 6.07) is 0. The van der Waals surface area contributed by atoms with Gasteiger partial charge in [-0.05, 0) is 32.1 Å². The van der Waals surface area contributed by atoms with Gasteiger partial charge in [-0.25, -0.2) is 0 Å². The van der Waals surface area contributed by atoms with Crippen molar-refractivity contribution in [1.82, 2.24) is 0 Å². The summed E-state index contributed by atoms with van der Waals surface area (Å²) in [5.41, 5.74) is 0. The first-order valence-electron chi connectivity index (χ1n) is 22.8. The Labute approximate surface area is 335 Å². The van der Waals surface area contributed by atoms with E-state index in [1.165, 1.54) is 135 Å². The molecule has 1 rings (SSSR count). The molecule has 1 saturated heterocycles. The minimum Gasteiger partial charge on any atom is -0.462 e. The predicted molar refractivity (Wildman–Crippen MR) is 220 cm³/mol. The average molecular weight is 785 g/mol. The monoisotopic (exact) mass is 785 g/mol. The van der Waals surface area contributed by atoms with E-state index >= 15 is 0 Å². The van der Waals surface area contributed by atoms with E-state index in [-0.39, 0.29) is 26.1 Å². The number of ether oxygens (including phenoxy) is 4. The van der Waals surface area contributed by atoms with Gasteiger partial charge in [0.2, 0.25) is 0 Å². The maximum atomic E-state index is 12.6. The van der Waals surface area contributed by atoms with Crippen molar-refractivity contribution in [2.24, 2.45) is 0 Å². The summed E-state index contributed by atoms with van der Waals surface area (Å²) in [4.78, 5) is 25.1. The maximum Gasteiger partial charge on any atom is 0.306 e. The van der Waals surface area contributed by atoms with Gasteiger partial charge in [0.25, 0.3) is 0 Å². The van der Waals surface area contributed by atoms with Crippen molar-refractivity contribution in [3.63, 3.8) is 0 Å². The highest BCUT2D eigenvalue weighted by Gasteiger charge is 2.44. The standard InChI is InChI=1S/C45H84O10/c1-3-5-7-9-11-12-13-14-15-16-17-18-19-20-21-22-23-24-25-26-28-29-31-33-40(47)52-36-38(54-41(48)34-32-30-27-10-8-6-4-2)37-53-45-44(51)43(50)42(49)39(35-46)55-45/h26,28,38-39,42-46,49-51H,3-25,27,29-37H2,1-2H3/b28-26+/t38-,39-,42+,43?,44?,45-/m0/s1. The summed E-state index contributed by atoms with van der Waals surface area (Å²) < 4.78 is 22.0. The van der Waals surface area contributed by atoms with Crippen molar-refractivity contribution in [2.45, 2.75) is 243 Å². The molecular weight excluding hydrogens is 700 g/mol. The van der Waals surface area contributed by atoms with E-state index in [9.17, 15) is 30.0 Å². The number of hydrogen-bond donors (Lipinski definition) is 4. The molecule has 1 heterocycles. The van der Waals surface area contributed by atoms with Crippen LogP contribution >= 0.6 is 0 Å². The van der Waals surface area contributed by atoms with Gasteiger partial charge in [0.05, 0.1) is 13.2 Å². The normalized spacial score (nSPS) is 20.6. The van der Waals surface area contributed by atoms with Crippen molar-refractivity contribution >= 4 is 11.9 Å². The number of unbranched alkanes of at least 4 members (excludes halogenated alkanes) is 25. The van der Waals surface area contributed by atoms with Gasteiger partial charge in [0.1, 0.15) is 31.0 Å². The van der Waals surface area contributed by atoms with Gasteiger partial charge in [-0.2, -0.15) is 0 Å². The first kappa shape index (κ1) is 51.5. The van der Waals surface area contributed by atoms with Gasteiger partial charge in [0.15, 0.2) is 12.4 Å². The molecule has 0 aromatic heterocycles. The van der Waals surface area contributed by atoms with Gasteiger partial charge in [-0.3, -0.25) is 9.59 Å². The molecule has 324 valence electrons. The van der Waals surface area contributed by atoms with Crippen LogP contribution in [0.15, 0.2) is 12.2 Å². The zero-order valence-electron chi connectivity index (χ0n) is 35.2. The zero-order chi connectivity index (χ0) is 40.2. The second kappa shape index (κ2) is 36.8. The Bertz CT molecular complexity index is 912. The molecule has 0 bridgehead atoms. The summed E-state index contributed by atoms with van der Waals surface area (Å²) in [7, 11) is 0. The SMILES string of the molecule is CCCCCCCCCCCCCCCCCCCC/C=C/CCCC(=O)OC[C@@H](CO[C@H]1O[C@@H](CO)[C@@H](O)C(O)C1O)OC(=O)CCCCCCCCC. The Hall–Kier alpha value is -1.56. The molecule has 2 unspecified atom stereocenters. The van der Waals surface area contributed by atoms with Crippen molar-refractivity contribution in [1.29, 1.82) is 0 Å². The van der Waals surface area contributed by atoms with Crippen LogP contribution in [0.25, 0.3) is 0 Å². The number of hydrogen-bond acceptors (Lipinski definition) is 10. The summed E-state index contributed by atoms with van der Waals surface area (Å²) in [6.45, 7) is 3.36. The molecule has 55 heavy (non-hydrogen) atoms. The Morgan fingerprint density at radius 3 is 1.47 bits per heavy atom. The smallest absolute Gasteiger partial charge is 0.306 e. The lowest BCUT2D eigenvalue weighted by molar-refractivity contribution is -0.305. The highest BCUT2D eigenvalue weighted by molar-refractivity contribution is 5.70. The van der Waals surface area contributed by atoms with E-state index in [2.05, 4.69) is 26.0 Å². The number of allylic oxidation sites excluding steroid dienone is 2. The number of carbonyl (C=O) groups is 2. The summed E-state index contributed by atoms with van der Waals surface area (Å²) in [5.74, 6) is -0.843. The molecule has 0 amide bonds. The molecule has 1 aliphatic rings. The number of aliphatic hydroxyl groups excluding tert-OH is 4. The second-order valence-corrected chi connectivity index (χ2v) is 15.9. The molecule has 0 aromatic rings. The van der Waals surface area contributed by atoms with Crippen LogP contribution in [0.1, 0.15) is 206 Å². The number of carbonyl (C=O) groups excluding carboxylic acids is 2. The first-order chi connectivity index (χ1) is 26.8. The number of rotatable bonds is 38. The molecule has 0 radical (unpaired) electrons. The van der Waals surface area contributed by atoms with Crippen molar-refractivity contribution in [3.05, 3.63) is 12.2 Å². The van der Waals surface area contributed by atoms with Crippen molar-refractivity contribution in [2.75, 3.05) is 19.8 Å². The Morgan fingerprint density at radius 2 is 0.982 bits per heavy atom. The third-order valence-corrected chi connectivity index (χ3v) is 10.7. The van der Waals surface area contributed by atoms with E-state index in [0.29, 0.717) is 12.8 Å². The van der Waals surface area contributed by atoms with Crippen molar-refractivity contribution in [3.8, 4) is 0 Å². The highest BCUT2D eigenvalue weighted by atomic mass is 16.7. The van der Waals surface area contributed by atoms with Crippen LogP contribution in [0.5, 0.6) is 0 Å². The lowest BCUT2D eigenvalue weighted by Gasteiger charge is -2.39. The third kappa shape index (κ3) is 28.5. The van der Waals surface area contributed by atoms with Gasteiger partial charge in [0, 0.05) is 12.8 Å². The van der Waals surface area contributed by atoms with Crippen LogP contribution in [0.4, 0.5) is 0 Å². The topological polar surface area (TPSA) is 152 Å². The van der Waals surface area contributed by atoms with Crippen LogP contribution in [-0.2, 0) is 28.5 Å². The van der Waals surface area contributed by atoms with E-state index < -0.39 is 55.4 Å². The molecule has 1 aliphatic heterocycles. The molecule has 4 N–H and O–H groups in total. The lowest BCUT2D eigenvalue weighted by atomic mass is 9.99. The summed E-state index contributed by atoms with van der Waals surface area (Å²) in [6.07, 6.45) is 31.3. The van der Waals surface area contributed by atoms with Gasteiger partial charge >= 0.3 is 11.9 Å². The second-order valence-electron chi connectivity index (χ2n) is 15.9. The van der Waals surface area contributed by atoms with E-state index in [1.54, 1.807) is 0 Å². The quantitative estimate of drug-likeness (QED) is 0.0271. The fraction of sp³-hybridized carbons (Fsp3) is 0.911. The summed E-state index contributed by atoms with van der Waals surface area (Å²) in [5, 5.41) is 39.9. The van der Waals surface area contributed by atoms with Crippen LogP contribution in [-0.4, -0.2) is 89.0 Å². The fourth-order valence-electron chi connectivity index (χ4n) is 7.02. The predicted octanol–water partition coefficient (Wildman–Crippen LogP) is 9.56. The molecular formula is C45H84O10. The van der Waals surface area contributed by atoms with E-state index in [4.69, 9.17) is 18.9 Å². The van der Waals surface area contributed by atoms with Crippen LogP contribution in [0.3, 0.4) is 0 Å². The lowest BCUT2D eigenvalue weighted by Crippen LogP contribution is -2.59. The fourth-order valence-corrected chi connectivity index (χ4v) is 7.02. The van der Waals surface area contributed by atoms with Crippen molar-refractivity contribution < 1.29 is 49.0 Å². The molecule has 0 aromatic carbocycles. The van der Waals surface area contributed by atoms with E-state index in [1.807, 2.05) is 0 Å². The van der Waals surface area contributed by atoms with E-state index in [0.717, 1.165) is 32.1 Å². The van der Waals surface area contributed by atoms with Crippen LogP contribution in [0.2, 0.25) is 0 Å². The van der Waals surface area contributed by atoms with Crippen LogP contribution in [0, 0.1) is 0 Å². The Morgan fingerprint density at radius 1 is 0.545 bits per heavy atom. The average Bonchev–Trinajstić information content (AvgIpc) is 3.18. The largest absolute Gasteiger partial charge is 0.462 e. The first-order valence-corrected chi connectivity index (χ1v) is 22.8. The Balaban J connectivity index is 2.19. The zero-order valence-corrected chi connectivity index (χ0v) is 35.2. The maximum absolute atomic E-state index is 12.6. The van der Waals surface area contributed by atoms with Gasteiger partial charge < -0.3 is 39.4 Å². The van der Waals surface area contributed by atoms with Gasteiger partial charge in [-0.1, -0.05) is 174 Å². The highest BCUT2D eigenvalue weighted by Crippen LogP contribution is 2.23. The molecule has 0 aliphatic carbocycles. The molecule has 6 atom stereocenters. The van der Waals surface area contributed by atoms with Crippen LogP contribution < -0.4 is 0 Å². The summed E-state index contributed by atoms with van der Waals surface area (Å²) >= 11 is 0. The van der Waals surface area contributed by atoms with Gasteiger partial charge in [-0.15, -0.1) is 0 Å². The molecule has 0 spiro atoms. The number of aliphatic hydroxyl groups is 4. The Kier molecular flexibility index (Phi) is 34.4. The minimum absolute atomic E-state index is 0.226. The molecule has 10 nitrogen and oxygen atoms in total. The molecule has 1 fully saturated rings. The third-order valence-electron chi connectivity index (χ3n) is 10.7. The molecule has 0 saturated carbocycles. The molecule has 10 heteroatoms. The number of esters is 2. The minimum atomic E-state index is -1.59.